The van der Waals surface area contributed by atoms with Crippen LogP contribution in [0.25, 0.3) is 0 Å². The SMILES string of the molecule is CC(C)(C)[N+]1(C(=O)O)C[C@H](NS(=O)(=O)c2cc(Br)ccc2Br)C[C@@H]1COc1ccccc1. The molecule has 0 aliphatic carbocycles. The van der Waals surface area contributed by atoms with E-state index in [4.69, 9.17) is 4.74 Å². The molecule has 1 aliphatic rings. The number of para-hydroxylation sites is 1. The van der Waals surface area contributed by atoms with E-state index < -0.39 is 33.7 Å². The summed E-state index contributed by atoms with van der Waals surface area (Å²) in [5.74, 6) is 0.645. The second-order valence-electron chi connectivity index (χ2n) is 8.91. The van der Waals surface area contributed by atoms with E-state index in [0.29, 0.717) is 21.1 Å². The van der Waals surface area contributed by atoms with Gasteiger partial charge in [0.05, 0.1) is 10.9 Å². The second-order valence-corrected chi connectivity index (χ2v) is 12.4. The molecule has 1 saturated heterocycles. The van der Waals surface area contributed by atoms with Gasteiger partial charge in [0, 0.05) is 15.4 Å². The molecule has 0 saturated carbocycles. The number of carboxylic acid groups (broad SMARTS) is 1. The number of carbonyl (C=O) groups is 1. The van der Waals surface area contributed by atoms with Crippen LogP contribution in [-0.4, -0.2) is 54.9 Å². The molecular weight excluding hydrogens is 564 g/mol. The number of quaternary nitrogens is 1. The molecule has 0 bridgehead atoms. The molecule has 2 N–H and O–H groups in total. The van der Waals surface area contributed by atoms with Crippen LogP contribution in [0.5, 0.6) is 5.75 Å². The Bertz CT molecular complexity index is 1090. The topological polar surface area (TPSA) is 92.7 Å². The highest BCUT2D eigenvalue weighted by atomic mass is 79.9. The standard InChI is InChI=1S/C22H26Br2N2O5S/c1-22(2,3)26(21(27)28)13-16(12-17(26)14-31-18-7-5-4-6-8-18)25-32(29,30)20-11-15(23)9-10-19(20)24/h4-11,16-17,25H,12-14H2,1-3H3/p+1/t16-,17-,26?/m1/s1. The molecule has 0 spiro atoms. The third-order valence-corrected chi connectivity index (χ3v) is 8.92. The van der Waals surface area contributed by atoms with E-state index in [9.17, 15) is 18.3 Å². The van der Waals surface area contributed by atoms with Crippen LogP contribution < -0.4 is 9.46 Å². The van der Waals surface area contributed by atoms with E-state index in [1.165, 1.54) is 6.07 Å². The lowest BCUT2D eigenvalue weighted by atomic mass is 10.00. The second kappa shape index (κ2) is 9.42. The summed E-state index contributed by atoms with van der Waals surface area (Å²) in [6.45, 7) is 5.86. The van der Waals surface area contributed by atoms with Crippen molar-refractivity contribution in [2.45, 2.75) is 49.7 Å². The van der Waals surface area contributed by atoms with Crippen molar-refractivity contribution in [1.29, 1.82) is 0 Å². The Labute approximate surface area is 205 Å². The van der Waals surface area contributed by atoms with Crippen LogP contribution in [-0.2, 0) is 10.0 Å². The Balaban J connectivity index is 1.90. The molecule has 1 fully saturated rings. The van der Waals surface area contributed by atoms with E-state index in [0.717, 1.165) is 0 Å². The molecule has 174 valence electrons. The lowest BCUT2D eigenvalue weighted by Gasteiger charge is -2.44. The molecule has 1 heterocycles. The van der Waals surface area contributed by atoms with Gasteiger partial charge in [-0.2, -0.15) is 4.79 Å². The minimum Gasteiger partial charge on any atom is -0.487 e. The third kappa shape index (κ3) is 5.04. The average molecular weight is 591 g/mol. The number of ether oxygens (including phenoxy) is 1. The summed E-state index contributed by atoms with van der Waals surface area (Å²) in [5.41, 5.74) is -0.674. The Morgan fingerprint density at radius 2 is 1.84 bits per heavy atom. The first kappa shape index (κ1) is 25.2. The Kier molecular flexibility index (Phi) is 7.41. The molecule has 1 unspecified atom stereocenters. The normalized spacial score (nSPS) is 23.8. The number of hydrogen-bond acceptors (Lipinski definition) is 4. The molecule has 1 aliphatic heterocycles. The first-order valence-electron chi connectivity index (χ1n) is 10.1. The van der Waals surface area contributed by atoms with E-state index in [-0.39, 0.29) is 22.5 Å². The molecule has 32 heavy (non-hydrogen) atoms. The van der Waals surface area contributed by atoms with E-state index in [2.05, 4.69) is 36.6 Å². The highest BCUT2D eigenvalue weighted by molar-refractivity contribution is 9.11. The zero-order valence-electron chi connectivity index (χ0n) is 18.1. The van der Waals surface area contributed by atoms with Crippen molar-refractivity contribution in [3.8, 4) is 5.75 Å². The summed E-state index contributed by atoms with van der Waals surface area (Å²) >= 11 is 6.60. The van der Waals surface area contributed by atoms with Gasteiger partial charge in [-0.1, -0.05) is 34.1 Å². The molecular formula is C22H27Br2N2O5S+. The largest absolute Gasteiger partial charge is 0.514 e. The zero-order chi connectivity index (χ0) is 23.7. The van der Waals surface area contributed by atoms with Gasteiger partial charge in [-0.3, -0.25) is 0 Å². The van der Waals surface area contributed by atoms with E-state index in [1.807, 2.05) is 51.1 Å². The van der Waals surface area contributed by atoms with Gasteiger partial charge >= 0.3 is 6.09 Å². The summed E-state index contributed by atoms with van der Waals surface area (Å²) in [6.07, 6.45) is -0.661. The van der Waals surface area contributed by atoms with Gasteiger partial charge in [0.2, 0.25) is 10.0 Å². The summed E-state index contributed by atoms with van der Waals surface area (Å²) in [7, 11) is -3.88. The van der Waals surface area contributed by atoms with Crippen LogP contribution in [0.15, 0.2) is 62.4 Å². The highest BCUT2D eigenvalue weighted by Gasteiger charge is 2.60. The minimum atomic E-state index is -3.88. The van der Waals surface area contributed by atoms with Gasteiger partial charge in [-0.25, -0.2) is 17.6 Å². The van der Waals surface area contributed by atoms with Gasteiger partial charge in [0.25, 0.3) is 0 Å². The Hall–Kier alpha value is -1.46. The van der Waals surface area contributed by atoms with Gasteiger partial charge in [0.15, 0.2) is 0 Å². The summed E-state index contributed by atoms with van der Waals surface area (Å²) in [6, 6.07) is 13.1. The van der Waals surface area contributed by atoms with Gasteiger partial charge in [0.1, 0.15) is 30.5 Å². The van der Waals surface area contributed by atoms with Crippen LogP contribution in [0.2, 0.25) is 0 Å². The number of nitrogens with one attached hydrogen (secondary N) is 1. The van der Waals surface area contributed by atoms with Crippen molar-refractivity contribution in [3.05, 3.63) is 57.5 Å². The molecule has 3 atom stereocenters. The summed E-state index contributed by atoms with van der Waals surface area (Å²) in [5, 5.41) is 10.3. The molecule has 2 aromatic rings. The predicted molar refractivity (Wildman–Crippen MR) is 129 cm³/mol. The third-order valence-electron chi connectivity index (χ3n) is 5.92. The fourth-order valence-electron chi connectivity index (χ4n) is 4.38. The number of nitrogens with zero attached hydrogens (tertiary/aromatic N) is 1. The first-order valence-corrected chi connectivity index (χ1v) is 13.2. The number of halogens is 2. The van der Waals surface area contributed by atoms with Gasteiger partial charge in [-0.15, -0.1) is 0 Å². The smallest absolute Gasteiger partial charge is 0.487 e. The first-order chi connectivity index (χ1) is 14.9. The monoisotopic (exact) mass is 589 g/mol. The maximum Gasteiger partial charge on any atom is 0.514 e. The van der Waals surface area contributed by atoms with Crippen molar-refractivity contribution in [2.75, 3.05) is 13.2 Å². The van der Waals surface area contributed by atoms with Crippen molar-refractivity contribution in [2.24, 2.45) is 0 Å². The molecule has 0 aromatic heterocycles. The maximum atomic E-state index is 13.1. The molecule has 10 heteroatoms. The van der Waals surface area contributed by atoms with Gasteiger partial charge in [-0.05, 0) is 67.0 Å². The Morgan fingerprint density at radius 3 is 2.44 bits per heavy atom. The van der Waals surface area contributed by atoms with Crippen LogP contribution in [0.4, 0.5) is 4.79 Å². The van der Waals surface area contributed by atoms with Crippen LogP contribution in [0.1, 0.15) is 27.2 Å². The predicted octanol–water partition coefficient (Wildman–Crippen LogP) is 5.00. The summed E-state index contributed by atoms with van der Waals surface area (Å²) in [4.78, 5) is 12.7. The zero-order valence-corrected chi connectivity index (χ0v) is 22.1. The van der Waals surface area contributed by atoms with Crippen molar-refractivity contribution >= 4 is 48.0 Å². The van der Waals surface area contributed by atoms with E-state index >= 15 is 0 Å². The van der Waals surface area contributed by atoms with Crippen molar-refractivity contribution in [3.63, 3.8) is 0 Å². The van der Waals surface area contributed by atoms with Gasteiger partial charge < -0.3 is 9.84 Å². The molecule has 0 radical (unpaired) electrons. The molecule has 1 amide bonds. The average Bonchev–Trinajstić information content (AvgIpc) is 3.08. The number of benzene rings is 2. The van der Waals surface area contributed by atoms with Crippen LogP contribution in [0.3, 0.4) is 0 Å². The van der Waals surface area contributed by atoms with Crippen LogP contribution in [0, 0.1) is 0 Å². The quantitative estimate of drug-likeness (QED) is 0.462. The number of sulfonamides is 1. The fraction of sp³-hybridized carbons (Fsp3) is 0.409. The maximum absolute atomic E-state index is 13.1. The fourth-order valence-corrected chi connectivity index (χ4v) is 7.12. The molecule has 7 nitrogen and oxygen atoms in total. The lowest BCUT2D eigenvalue weighted by Crippen LogP contribution is -2.67. The van der Waals surface area contributed by atoms with Crippen molar-refractivity contribution < 1.29 is 27.5 Å². The van der Waals surface area contributed by atoms with Crippen LogP contribution >= 0.6 is 31.9 Å². The number of rotatable bonds is 6. The molecule has 3 rings (SSSR count). The minimum absolute atomic E-state index is 0.0973. The Morgan fingerprint density at radius 1 is 1.19 bits per heavy atom. The highest BCUT2D eigenvalue weighted by Crippen LogP contribution is 2.38. The lowest BCUT2D eigenvalue weighted by molar-refractivity contribution is -0.914. The van der Waals surface area contributed by atoms with Crippen molar-refractivity contribution in [1.82, 2.24) is 4.72 Å². The van der Waals surface area contributed by atoms with E-state index in [1.54, 1.807) is 12.1 Å². The number of hydrogen-bond donors (Lipinski definition) is 2. The number of amides is 1. The molecule has 2 aromatic carbocycles. The summed E-state index contributed by atoms with van der Waals surface area (Å²) < 4.78 is 35.7. The number of likely N-dealkylation sites (tertiary alicyclic amines) is 1.